The standard InChI is InChI=1S/C18H24F3N5O/c1-13-10-14(2)26(24-13)16-7-4-6-15(11-16)23-17(27)22-8-5-9-25(3)12-18(19,20)21/h4,6-7,10-11H,5,8-9,12H2,1-3H3,(H2,22,23,27). The van der Waals surface area contributed by atoms with Gasteiger partial charge in [0.25, 0.3) is 0 Å². The first kappa shape index (κ1) is 20.8. The van der Waals surface area contributed by atoms with Gasteiger partial charge in [0.1, 0.15) is 0 Å². The first-order valence-corrected chi connectivity index (χ1v) is 8.58. The topological polar surface area (TPSA) is 62.2 Å². The lowest BCUT2D eigenvalue weighted by atomic mass is 10.2. The van der Waals surface area contributed by atoms with E-state index < -0.39 is 18.8 Å². The van der Waals surface area contributed by atoms with E-state index in [1.165, 1.54) is 11.9 Å². The predicted molar refractivity (Wildman–Crippen MR) is 98.2 cm³/mol. The highest BCUT2D eigenvalue weighted by molar-refractivity contribution is 5.89. The second kappa shape index (κ2) is 8.90. The Morgan fingerprint density at radius 3 is 2.63 bits per heavy atom. The Hall–Kier alpha value is -2.55. The van der Waals surface area contributed by atoms with Crippen molar-refractivity contribution in [3.63, 3.8) is 0 Å². The number of hydrogen-bond acceptors (Lipinski definition) is 3. The minimum Gasteiger partial charge on any atom is -0.338 e. The number of amides is 2. The van der Waals surface area contributed by atoms with Crippen LogP contribution in [-0.2, 0) is 0 Å². The normalized spacial score (nSPS) is 11.7. The van der Waals surface area contributed by atoms with Crippen molar-refractivity contribution in [1.29, 1.82) is 0 Å². The van der Waals surface area contributed by atoms with Gasteiger partial charge in [-0.3, -0.25) is 4.90 Å². The minimum absolute atomic E-state index is 0.243. The molecular formula is C18H24F3N5O. The van der Waals surface area contributed by atoms with Crippen LogP contribution in [0.1, 0.15) is 17.8 Å². The van der Waals surface area contributed by atoms with Gasteiger partial charge in [0.15, 0.2) is 0 Å². The van der Waals surface area contributed by atoms with Gasteiger partial charge in [0, 0.05) is 17.9 Å². The number of alkyl halides is 3. The van der Waals surface area contributed by atoms with Gasteiger partial charge in [0.05, 0.1) is 17.9 Å². The highest BCUT2D eigenvalue weighted by Crippen LogP contribution is 2.17. The lowest BCUT2D eigenvalue weighted by Gasteiger charge is -2.18. The van der Waals surface area contributed by atoms with Crippen molar-refractivity contribution in [1.82, 2.24) is 20.0 Å². The number of hydrogen-bond donors (Lipinski definition) is 2. The molecule has 2 N–H and O–H groups in total. The molecule has 2 rings (SSSR count). The van der Waals surface area contributed by atoms with Gasteiger partial charge < -0.3 is 10.6 Å². The van der Waals surface area contributed by atoms with Crippen molar-refractivity contribution in [2.45, 2.75) is 26.4 Å². The molecule has 0 saturated carbocycles. The van der Waals surface area contributed by atoms with Crippen molar-refractivity contribution in [3.05, 3.63) is 41.7 Å². The lowest BCUT2D eigenvalue weighted by Crippen LogP contribution is -2.34. The summed E-state index contributed by atoms with van der Waals surface area (Å²) in [5.41, 5.74) is 3.31. The Balaban J connectivity index is 1.81. The molecule has 27 heavy (non-hydrogen) atoms. The molecule has 148 valence electrons. The summed E-state index contributed by atoms with van der Waals surface area (Å²) in [5.74, 6) is 0. The number of aryl methyl sites for hydroxylation is 2. The maximum absolute atomic E-state index is 12.2. The number of aromatic nitrogens is 2. The fraction of sp³-hybridized carbons (Fsp3) is 0.444. The number of rotatable bonds is 7. The highest BCUT2D eigenvalue weighted by atomic mass is 19.4. The average Bonchev–Trinajstić information content (AvgIpc) is 2.89. The van der Waals surface area contributed by atoms with E-state index in [1.54, 1.807) is 16.8 Å². The second-order valence-electron chi connectivity index (χ2n) is 6.48. The zero-order chi connectivity index (χ0) is 20.0. The largest absolute Gasteiger partial charge is 0.401 e. The van der Waals surface area contributed by atoms with Crippen molar-refractivity contribution >= 4 is 11.7 Å². The summed E-state index contributed by atoms with van der Waals surface area (Å²) < 4.78 is 38.5. The fourth-order valence-electron chi connectivity index (χ4n) is 2.72. The van der Waals surface area contributed by atoms with Gasteiger partial charge in [-0.2, -0.15) is 18.3 Å². The molecule has 0 saturated heterocycles. The van der Waals surface area contributed by atoms with Gasteiger partial charge in [-0.1, -0.05) is 6.07 Å². The Labute approximate surface area is 156 Å². The third-order valence-electron chi connectivity index (χ3n) is 3.81. The monoisotopic (exact) mass is 383 g/mol. The molecule has 2 aromatic rings. The van der Waals surface area contributed by atoms with Crippen molar-refractivity contribution in [2.24, 2.45) is 0 Å². The van der Waals surface area contributed by atoms with Gasteiger partial charge >= 0.3 is 12.2 Å². The second-order valence-corrected chi connectivity index (χ2v) is 6.48. The third kappa shape index (κ3) is 6.93. The molecule has 6 nitrogen and oxygen atoms in total. The van der Waals surface area contributed by atoms with Gasteiger partial charge in [-0.25, -0.2) is 9.48 Å². The summed E-state index contributed by atoms with van der Waals surface area (Å²) in [7, 11) is 1.40. The summed E-state index contributed by atoms with van der Waals surface area (Å²) in [6.07, 6.45) is -3.79. The fourth-order valence-corrected chi connectivity index (χ4v) is 2.72. The van der Waals surface area contributed by atoms with Crippen LogP contribution in [0.2, 0.25) is 0 Å². The molecule has 0 radical (unpaired) electrons. The van der Waals surface area contributed by atoms with Crippen LogP contribution < -0.4 is 10.6 Å². The van der Waals surface area contributed by atoms with E-state index in [4.69, 9.17) is 0 Å². The first-order valence-electron chi connectivity index (χ1n) is 8.58. The molecule has 0 spiro atoms. The Morgan fingerprint density at radius 1 is 1.26 bits per heavy atom. The van der Waals surface area contributed by atoms with Gasteiger partial charge in [0.2, 0.25) is 0 Å². The quantitative estimate of drug-likeness (QED) is 0.720. The highest BCUT2D eigenvalue weighted by Gasteiger charge is 2.28. The summed E-state index contributed by atoms with van der Waals surface area (Å²) in [6, 6.07) is 8.82. The minimum atomic E-state index is -4.21. The van der Waals surface area contributed by atoms with E-state index in [0.29, 0.717) is 12.1 Å². The van der Waals surface area contributed by atoms with Gasteiger partial charge in [-0.05, 0) is 58.1 Å². The van der Waals surface area contributed by atoms with Crippen LogP contribution >= 0.6 is 0 Å². The van der Waals surface area contributed by atoms with Crippen LogP contribution in [0, 0.1) is 13.8 Å². The number of carbonyl (C=O) groups is 1. The number of nitrogens with one attached hydrogen (secondary N) is 2. The van der Waals surface area contributed by atoms with Crippen LogP contribution in [-0.4, -0.2) is 53.6 Å². The van der Waals surface area contributed by atoms with E-state index in [0.717, 1.165) is 17.1 Å². The maximum Gasteiger partial charge on any atom is 0.401 e. The van der Waals surface area contributed by atoms with Crippen LogP contribution in [0.5, 0.6) is 0 Å². The predicted octanol–water partition coefficient (Wildman–Crippen LogP) is 3.49. The molecule has 0 aliphatic rings. The molecule has 9 heteroatoms. The van der Waals surface area contributed by atoms with Crippen molar-refractivity contribution in [3.8, 4) is 5.69 Å². The number of halogens is 3. The van der Waals surface area contributed by atoms with E-state index in [1.807, 2.05) is 32.0 Å². The molecule has 1 heterocycles. The molecule has 1 aromatic carbocycles. The SMILES string of the molecule is Cc1cc(C)n(-c2cccc(NC(=O)NCCCN(C)CC(F)(F)F)c2)n1. The molecular weight excluding hydrogens is 359 g/mol. The van der Waals surface area contributed by atoms with Crippen LogP contribution in [0.25, 0.3) is 5.69 Å². The molecule has 2 amide bonds. The van der Waals surface area contributed by atoms with Crippen LogP contribution in [0.4, 0.5) is 23.7 Å². The van der Waals surface area contributed by atoms with E-state index in [-0.39, 0.29) is 13.1 Å². The third-order valence-corrected chi connectivity index (χ3v) is 3.81. The summed E-state index contributed by atoms with van der Waals surface area (Å²) in [4.78, 5) is 13.1. The molecule has 0 fully saturated rings. The lowest BCUT2D eigenvalue weighted by molar-refractivity contribution is -0.143. The average molecular weight is 383 g/mol. The van der Waals surface area contributed by atoms with Crippen molar-refractivity contribution < 1.29 is 18.0 Å². The molecule has 1 aromatic heterocycles. The number of carbonyl (C=O) groups excluding carboxylic acids is 1. The summed E-state index contributed by atoms with van der Waals surface area (Å²) in [5, 5.41) is 9.77. The zero-order valence-electron chi connectivity index (χ0n) is 15.6. The molecule has 0 bridgehead atoms. The Morgan fingerprint density at radius 2 is 2.00 bits per heavy atom. The smallest absolute Gasteiger partial charge is 0.338 e. The number of benzene rings is 1. The first-order chi connectivity index (χ1) is 12.6. The van der Waals surface area contributed by atoms with Crippen molar-refractivity contribution in [2.75, 3.05) is 32.0 Å². The van der Waals surface area contributed by atoms with E-state index in [9.17, 15) is 18.0 Å². The van der Waals surface area contributed by atoms with Crippen LogP contribution in [0.15, 0.2) is 30.3 Å². The molecule has 0 unspecified atom stereocenters. The van der Waals surface area contributed by atoms with Gasteiger partial charge in [-0.15, -0.1) is 0 Å². The maximum atomic E-state index is 12.2. The summed E-state index contributed by atoms with van der Waals surface area (Å²) >= 11 is 0. The summed E-state index contributed by atoms with van der Waals surface area (Å²) in [6.45, 7) is 3.42. The number of urea groups is 1. The van der Waals surface area contributed by atoms with E-state index in [2.05, 4.69) is 15.7 Å². The van der Waals surface area contributed by atoms with E-state index >= 15 is 0 Å². The molecule has 0 aliphatic carbocycles. The molecule has 0 atom stereocenters. The van der Waals surface area contributed by atoms with Crippen LogP contribution in [0.3, 0.4) is 0 Å². The molecule has 0 aliphatic heterocycles. The number of nitrogens with zero attached hydrogens (tertiary/aromatic N) is 3. The zero-order valence-corrected chi connectivity index (χ0v) is 15.6. The Bertz CT molecular complexity index is 773. The Kier molecular flexibility index (Phi) is 6.84. The number of anilines is 1.